The van der Waals surface area contributed by atoms with Gasteiger partial charge < -0.3 is 5.73 Å². The highest BCUT2D eigenvalue weighted by Crippen LogP contribution is 2.31. The van der Waals surface area contributed by atoms with Crippen molar-refractivity contribution in [3.63, 3.8) is 0 Å². The third-order valence-electron chi connectivity index (χ3n) is 3.88. The van der Waals surface area contributed by atoms with Crippen molar-refractivity contribution in [2.45, 2.75) is 58.9 Å². The first-order valence-electron chi connectivity index (χ1n) is 7.82. The minimum absolute atomic E-state index is 0.346. The Hall–Kier alpha value is -1.91. The fourth-order valence-electron chi connectivity index (χ4n) is 2.76. The molecular weight excluding hydrogens is 262 g/mol. The smallest absolute Gasteiger partial charge is 0.184 e. The van der Waals surface area contributed by atoms with E-state index >= 15 is 0 Å². The molecule has 1 heterocycles. The van der Waals surface area contributed by atoms with Gasteiger partial charge in [-0.25, -0.2) is 4.68 Å². The number of hydrogen-bond donors (Lipinski definition) is 1. The van der Waals surface area contributed by atoms with Gasteiger partial charge >= 0.3 is 0 Å². The van der Waals surface area contributed by atoms with Crippen LogP contribution < -0.4 is 5.73 Å². The van der Waals surface area contributed by atoms with Crippen LogP contribution in [0.15, 0.2) is 18.2 Å². The number of aromatic nitrogens is 4. The van der Waals surface area contributed by atoms with Crippen LogP contribution in [0, 0.1) is 6.92 Å². The number of benzene rings is 1. The molecule has 0 saturated heterocycles. The average Bonchev–Trinajstić information content (AvgIpc) is 2.92. The molecule has 21 heavy (non-hydrogen) atoms. The predicted molar refractivity (Wildman–Crippen MR) is 85.9 cm³/mol. The lowest BCUT2D eigenvalue weighted by Gasteiger charge is -2.18. The molecule has 0 spiro atoms. The van der Waals surface area contributed by atoms with Gasteiger partial charge in [-0.1, -0.05) is 45.2 Å². The van der Waals surface area contributed by atoms with E-state index in [4.69, 9.17) is 5.73 Å². The molecule has 2 rings (SSSR count). The molecule has 2 N–H and O–H groups in total. The van der Waals surface area contributed by atoms with Crippen LogP contribution in [0.5, 0.6) is 0 Å². The van der Waals surface area contributed by atoms with Gasteiger partial charge in [-0.2, -0.15) is 0 Å². The molecule has 1 aromatic heterocycles. The Balaban J connectivity index is 2.41. The maximum atomic E-state index is 6.15. The monoisotopic (exact) mass is 287 g/mol. The Morgan fingerprint density at radius 3 is 2.67 bits per heavy atom. The zero-order valence-electron chi connectivity index (χ0n) is 13.2. The summed E-state index contributed by atoms with van der Waals surface area (Å²) in [4.78, 5) is 0. The predicted octanol–water partition coefficient (Wildman–Crippen LogP) is 3.76. The lowest BCUT2D eigenvalue weighted by atomic mass is 10.0. The van der Waals surface area contributed by atoms with E-state index < -0.39 is 0 Å². The van der Waals surface area contributed by atoms with Gasteiger partial charge in [0.05, 0.1) is 6.04 Å². The molecule has 5 nitrogen and oxygen atoms in total. The molecule has 0 amide bonds. The lowest BCUT2D eigenvalue weighted by molar-refractivity contribution is 0.380. The van der Waals surface area contributed by atoms with Crippen LogP contribution in [0.1, 0.15) is 57.6 Å². The number of hydrogen-bond acceptors (Lipinski definition) is 4. The molecule has 2 aromatic rings. The quantitative estimate of drug-likeness (QED) is 0.787. The van der Waals surface area contributed by atoms with E-state index in [-0.39, 0.29) is 0 Å². The van der Waals surface area contributed by atoms with E-state index in [1.165, 1.54) is 12.8 Å². The van der Waals surface area contributed by atoms with Crippen LogP contribution in [0.3, 0.4) is 0 Å². The summed E-state index contributed by atoms with van der Waals surface area (Å²) in [5.41, 5.74) is 8.95. The number of unbranched alkanes of at least 4 members (excludes halogenated alkanes) is 1. The van der Waals surface area contributed by atoms with Crippen molar-refractivity contribution >= 4 is 5.69 Å². The Morgan fingerprint density at radius 2 is 2.00 bits per heavy atom. The standard InChI is InChI=1S/C16H25N5/c1-4-6-10-13(8-5-2)21-16(18-19-20-21)15-12(3)9-7-11-14(15)17/h7,9,11,13H,4-6,8,10,17H2,1-3H3. The van der Waals surface area contributed by atoms with E-state index in [9.17, 15) is 0 Å². The molecule has 0 fully saturated rings. The zero-order valence-corrected chi connectivity index (χ0v) is 13.2. The summed E-state index contributed by atoms with van der Waals surface area (Å²) in [5, 5.41) is 12.4. The topological polar surface area (TPSA) is 69.6 Å². The highest BCUT2D eigenvalue weighted by Gasteiger charge is 2.20. The molecule has 0 radical (unpaired) electrons. The van der Waals surface area contributed by atoms with E-state index in [2.05, 4.69) is 29.4 Å². The lowest BCUT2D eigenvalue weighted by Crippen LogP contribution is -2.13. The van der Waals surface area contributed by atoms with E-state index in [1.807, 2.05) is 29.8 Å². The summed E-state index contributed by atoms with van der Waals surface area (Å²) in [6.07, 6.45) is 5.69. The second kappa shape index (κ2) is 7.20. The second-order valence-corrected chi connectivity index (χ2v) is 5.57. The molecule has 1 unspecified atom stereocenters. The summed E-state index contributed by atoms with van der Waals surface area (Å²) in [5.74, 6) is 0.792. The molecule has 0 aliphatic heterocycles. The largest absolute Gasteiger partial charge is 0.398 e. The second-order valence-electron chi connectivity index (χ2n) is 5.57. The van der Waals surface area contributed by atoms with E-state index in [0.717, 1.165) is 41.9 Å². The highest BCUT2D eigenvalue weighted by molar-refractivity contribution is 5.74. The third kappa shape index (κ3) is 3.40. The Labute approximate surface area is 126 Å². The SMILES string of the molecule is CCCCC(CCC)n1nnnc1-c1c(C)cccc1N. The van der Waals surface area contributed by atoms with Crippen molar-refractivity contribution in [3.05, 3.63) is 23.8 Å². The van der Waals surface area contributed by atoms with Crippen LogP contribution in [0.4, 0.5) is 5.69 Å². The van der Waals surface area contributed by atoms with Crippen LogP contribution in [-0.4, -0.2) is 20.2 Å². The summed E-state index contributed by atoms with van der Waals surface area (Å²) in [6, 6.07) is 6.26. The van der Waals surface area contributed by atoms with Crippen molar-refractivity contribution in [2.75, 3.05) is 5.73 Å². The van der Waals surface area contributed by atoms with Gasteiger partial charge in [0.15, 0.2) is 5.82 Å². The minimum atomic E-state index is 0.346. The number of tetrazole rings is 1. The zero-order chi connectivity index (χ0) is 15.2. The first-order chi connectivity index (χ1) is 10.2. The number of nitrogens with zero attached hydrogens (tertiary/aromatic N) is 4. The van der Waals surface area contributed by atoms with Crippen molar-refractivity contribution in [1.82, 2.24) is 20.2 Å². The summed E-state index contributed by atoms with van der Waals surface area (Å²) < 4.78 is 1.97. The Kier molecular flexibility index (Phi) is 5.31. The Morgan fingerprint density at radius 1 is 1.19 bits per heavy atom. The summed E-state index contributed by atoms with van der Waals surface area (Å²) in [6.45, 7) is 6.46. The molecule has 1 aromatic carbocycles. The average molecular weight is 287 g/mol. The number of nitrogens with two attached hydrogens (primary N) is 1. The third-order valence-corrected chi connectivity index (χ3v) is 3.88. The first kappa shape index (κ1) is 15.5. The van der Waals surface area contributed by atoms with Crippen molar-refractivity contribution in [2.24, 2.45) is 0 Å². The summed E-state index contributed by atoms with van der Waals surface area (Å²) >= 11 is 0. The van der Waals surface area contributed by atoms with Crippen molar-refractivity contribution in [3.8, 4) is 11.4 Å². The van der Waals surface area contributed by atoms with E-state index in [0.29, 0.717) is 6.04 Å². The molecule has 5 heteroatoms. The van der Waals surface area contributed by atoms with Crippen LogP contribution in [0.25, 0.3) is 11.4 Å². The molecule has 0 saturated carbocycles. The Bertz CT molecular complexity index is 556. The number of anilines is 1. The molecule has 114 valence electrons. The van der Waals surface area contributed by atoms with Gasteiger partial charge in [-0.3, -0.25) is 0 Å². The van der Waals surface area contributed by atoms with Gasteiger partial charge in [0.25, 0.3) is 0 Å². The van der Waals surface area contributed by atoms with Crippen molar-refractivity contribution < 1.29 is 0 Å². The normalized spacial score (nSPS) is 12.5. The fourth-order valence-corrected chi connectivity index (χ4v) is 2.76. The minimum Gasteiger partial charge on any atom is -0.398 e. The molecule has 0 bridgehead atoms. The molecule has 0 aliphatic rings. The van der Waals surface area contributed by atoms with Crippen LogP contribution in [0.2, 0.25) is 0 Å². The maximum absolute atomic E-state index is 6.15. The maximum Gasteiger partial charge on any atom is 0.184 e. The molecular formula is C16H25N5. The van der Waals surface area contributed by atoms with E-state index in [1.54, 1.807) is 0 Å². The van der Waals surface area contributed by atoms with Crippen LogP contribution in [-0.2, 0) is 0 Å². The number of rotatable bonds is 7. The fraction of sp³-hybridized carbons (Fsp3) is 0.562. The molecule has 1 atom stereocenters. The van der Waals surface area contributed by atoms with Gasteiger partial charge in [0.2, 0.25) is 0 Å². The number of aryl methyl sites for hydroxylation is 1. The van der Waals surface area contributed by atoms with Gasteiger partial charge in [0.1, 0.15) is 0 Å². The van der Waals surface area contributed by atoms with Crippen molar-refractivity contribution in [1.29, 1.82) is 0 Å². The number of nitrogen functional groups attached to an aromatic ring is 1. The van der Waals surface area contributed by atoms with Crippen LogP contribution >= 0.6 is 0 Å². The first-order valence-corrected chi connectivity index (χ1v) is 7.82. The van der Waals surface area contributed by atoms with Gasteiger partial charge in [0, 0.05) is 11.3 Å². The van der Waals surface area contributed by atoms with Gasteiger partial charge in [-0.15, -0.1) is 5.10 Å². The molecule has 0 aliphatic carbocycles. The highest BCUT2D eigenvalue weighted by atomic mass is 15.5. The summed E-state index contributed by atoms with van der Waals surface area (Å²) in [7, 11) is 0. The van der Waals surface area contributed by atoms with Gasteiger partial charge in [-0.05, 0) is 41.8 Å².